The summed E-state index contributed by atoms with van der Waals surface area (Å²) in [6, 6.07) is 19.9. The number of benzene rings is 2. The summed E-state index contributed by atoms with van der Waals surface area (Å²) < 4.78 is 0. The molecule has 1 saturated heterocycles. The zero-order chi connectivity index (χ0) is 18.5. The van der Waals surface area contributed by atoms with Crippen molar-refractivity contribution in [1.82, 2.24) is 4.90 Å². The number of amides is 2. The van der Waals surface area contributed by atoms with Crippen LogP contribution in [0.25, 0.3) is 0 Å². The maximum absolute atomic E-state index is 13.1. The SMILES string of the molecule is CC(C)N(C(=O)C1CC(=O)N(CCc2ccccc2)C1)c1ccccc1. The monoisotopic (exact) mass is 350 g/mol. The lowest BCUT2D eigenvalue weighted by Crippen LogP contribution is -2.42. The van der Waals surface area contributed by atoms with Gasteiger partial charge in [-0.05, 0) is 38.0 Å². The molecule has 2 amide bonds. The van der Waals surface area contributed by atoms with Gasteiger partial charge in [0.2, 0.25) is 11.8 Å². The van der Waals surface area contributed by atoms with Crippen LogP contribution in [0.15, 0.2) is 60.7 Å². The van der Waals surface area contributed by atoms with Gasteiger partial charge >= 0.3 is 0 Å². The van der Waals surface area contributed by atoms with Gasteiger partial charge in [0.25, 0.3) is 0 Å². The lowest BCUT2D eigenvalue weighted by Gasteiger charge is -2.29. The van der Waals surface area contributed by atoms with Gasteiger partial charge in [-0.2, -0.15) is 0 Å². The predicted octanol–water partition coefficient (Wildman–Crippen LogP) is 3.52. The third-order valence-corrected chi connectivity index (χ3v) is 4.87. The largest absolute Gasteiger partial charge is 0.342 e. The van der Waals surface area contributed by atoms with Crippen LogP contribution in [0.5, 0.6) is 0 Å². The Bertz CT molecular complexity index is 743. The first-order valence-electron chi connectivity index (χ1n) is 9.26. The number of carbonyl (C=O) groups excluding carboxylic acids is 2. The van der Waals surface area contributed by atoms with Crippen molar-refractivity contribution >= 4 is 17.5 Å². The Morgan fingerprint density at radius 1 is 1.08 bits per heavy atom. The van der Waals surface area contributed by atoms with Gasteiger partial charge in [0.15, 0.2) is 0 Å². The van der Waals surface area contributed by atoms with Crippen molar-refractivity contribution in [2.75, 3.05) is 18.0 Å². The van der Waals surface area contributed by atoms with Crippen molar-refractivity contribution in [3.05, 3.63) is 66.2 Å². The Labute approximate surface area is 155 Å². The second kappa shape index (κ2) is 8.17. The van der Waals surface area contributed by atoms with Crippen LogP contribution in [0.2, 0.25) is 0 Å². The van der Waals surface area contributed by atoms with Crippen LogP contribution >= 0.6 is 0 Å². The molecule has 3 rings (SSSR count). The highest BCUT2D eigenvalue weighted by atomic mass is 16.2. The molecule has 0 spiro atoms. The van der Waals surface area contributed by atoms with Crippen molar-refractivity contribution in [3.63, 3.8) is 0 Å². The summed E-state index contributed by atoms with van der Waals surface area (Å²) in [4.78, 5) is 29.1. The van der Waals surface area contributed by atoms with Gasteiger partial charge in [-0.1, -0.05) is 48.5 Å². The van der Waals surface area contributed by atoms with Crippen LogP contribution in [0.1, 0.15) is 25.8 Å². The maximum Gasteiger partial charge on any atom is 0.232 e. The first-order chi connectivity index (χ1) is 12.6. The van der Waals surface area contributed by atoms with Gasteiger partial charge in [0.05, 0.1) is 5.92 Å². The maximum atomic E-state index is 13.1. The van der Waals surface area contributed by atoms with Crippen LogP contribution in [0, 0.1) is 5.92 Å². The van der Waals surface area contributed by atoms with Crippen LogP contribution in [0.3, 0.4) is 0 Å². The van der Waals surface area contributed by atoms with E-state index in [0.717, 1.165) is 12.1 Å². The van der Waals surface area contributed by atoms with E-state index in [-0.39, 0.29) is 23.8 Å². The number of nitrogens with zero attached hydrogens (tertiary/aromatic N) is 2. The second-order valence-electron chi connectivity index (χ2n) is 7.11. The molecule has 0 radical (unpaired) electrons. The van der Waals surface area contributed by atoms with Crippen molar-refractivity contribution in [1.29, 1.82) is 0 Å². The molecule has 0 aromatic heterocycles. The molecule has 0 bridgehead atoms. The molecule has 1 unspecified atom stereocenters. The fourth-order valence-electron chi connectivity index (χ4n) is 3.53. The molecule has 26 heavy (non-hydrogen) atoms. The molecule has 0 saturated carbocycles. The zero-order valence-electron chi connectivity index (χ0n) is 15.5. The number of para-hydroxylation sites is 1. The highest BCUT2D eigenvalue weighted by molar-refractivity contribution is 5.99. The number of anilines is 1. The average Bonchev–Trinajstić information content (AvgIpc) is 3.02. The third kappa shape index (κ3) is 4.13. The number of rotatable bonds is 6. The molecule has 1 heterocycles. The molecule has 0 N–H and O–H groups in total. The minimum Gasteiger partial charge on any atom is -0.342 e. The van der Waals surface area contributed by atoms with E-state index in [4.69, 9.17) is 0 Å². The topological polar surface area (TPSA) is 40.6 Å². The van der Waals surface area contributed by atoms with Gasteiger partial charge < -0.3 is 9.80 Å². The Morgan fingerprint density at radius 3 is 2.31 bits per heavy atom. The van der Waals surface area contributed by atoms with E-state index in [1.807, 2.05) is 72.2 Å². The molecule has 4 nitrogen and oxygen atoms in total. The normalized spacial score (nSPS) is 17.0. The van der Waals surface area contributed by atoms with Crippen molar-refractivity contribution < 1.29 is 9.59 Å². The molecule has 2 aromatic rings. The summed E-state index contributed by atoms with van der Waals surface area (Å²) in [6.07, 6.45) is 1.13. The molecule has 1 aliphatic heterocycles. The standard InChI is InChI=1S/C22H26N2O2/c1-17(2)24(20-11-7-4-8-12-20)22(26)19-15-21(25)23(16-19)14-13-18-9-5-3-6-10-18/h3-12,17,19H,13-16H2,1-2H3. The summed E-state index contributed by atoms with van der Waals surface area (Å²) in [5, 5.41) is 0. The minimum atomic E-state index is -0.263. The highest BCUT2D eigenvalue weighted by Crippen LogP contribution is 2.25. The molecule has 0 aliphatic carbocycles. The molecule has 2 aromatic carbocycles. The Balaban J connectivity index is 1.66. The van der Waals surface area contributed by atoms with E-state index >= 15 is 0 Å². The van der Waals surface area contributed by atoms with Crippen LogP contribution in [0.4, 0.5) is 5.69 Å². The number of hydrogen-bond acceptors (Lipinski definition) is 2. The first-order valence-corrected chi connectivity index (χ1v) is 9.26. The number of carbonyl (C=O) groups is 2. The van der Waals surface area contributed by atoms with E-state index in [1.165, 1.54) is 5.56 Å². The highest BCUT2D eigenvalue weighted by Gasteiger charge is 2.37. The van der Waals surface area contributed by atoms with Gasteiger partial charge in [0.1, 0.15) is 0 Å². The fourth-order valence-corrected chi connectivity index (χ4v) is 3.53. The van der Waals surface area contributed by atoms with E-state index in [9.17, 15) is 9.59 Å². The van der Waals surface area contributed by atoms with Crippen LogP contribution in [-0.2, 0) is 16.0 Å². The first kappa shape index (κ1) is 18.2. The Hall–Kier alpha value is -2.62. The zero-order valence-corrected chi connectivity index (χ0v) is 15.5. The fraction of sp³-hybridized carbons (Fsp3) is 0.364. The second-order valence-corrected chi connectivity index (χ2v) is 7.11. The van der Waals surface area contributed by atoms with Crippen LogP contribution in [-0.4, -0.2) is 35.8 Å². The minimum absolute atomic E-state index is 0.0433. The predicted molar refractivity (Wildman–Crippen MR) is 104 cm³/mol. The molecule has 1 aliphatic rings. The Kier molecular flexibility index (Phi) is 5.71. The van der Waals surface area contributed by atoms with Gasteiger partial charge in [-0.3, -0.25) is 9.59 Å². The molecule has 136 valence electrons. The average molecular weight is 350 g/mol. The lowest BCUT2D eigenvalue weighted by atomic mass is 10.1. The number of hydrogen-bond donors (Lipinski definition) is 0. The van der Waals surface area contributed by atoms with E-state index in [2.05, 4.69) is 12.1 Å². The van der Waals surface area contributed by atoms with E-state index < -0.39 is 0 Å². The van der Waals surface area contributed by atoms with Crippen molar-refractivity contribution in [2.45, 2.75) is 32.7 Å². The van der Waals surface area contributed by atoms with Crippen molar-refractivity contribution in [3.8, 4) is 0 Å². The summed E-state index contributed by atoms with van der Waals surface area (Å²) in [5.41, 5.74) is 2.10. The summed E-state index contributed by atoms with van der Waals surface area (Å²) in [7, 11) is 0. The summed E-state index contributed by atoms with van der Waals surface area (Å²) in [5.74, 6) is -0.140. The van der Waals surface area contributed by atoms with Gasteiger partial charge in [-0.15, -0.1) is 0 Å². The molecule has 1 atom stereocenters. The van der Waals surface area contributed by atoms with Crippen LogP contribution < -0.4 is 4.90 Å². The third-order valence-electron chi connectivity index (χ3n) is 4.87. The quantitative estimate of drug-likeness (QED) is 0.800. The van der Waals surface area contributed by atoms with Crippen molar-refractivity contribution in [2.24, 2.45) is 5.92 Å². The summed E-state index contributed by atoms with van der Waals surface area (Å²) >= 11 is 0. The molecular formula is C22H26N2O2. The van der Waals surface area contributed by atoms with Gasteiger partial charge in [-0.25, -0.2) is 0 Å². The van der Waals surface area contributed by atoms with Gasteiger partial charge in [0, 0.05) is 31.2 Å². The smallest absolute Gasteiger partial charge is 0.232 e. The van der Waals surface area contributed by atoms with E-state index in [0.29, 0.717) is 19.5 Å². The number of likely N-dealkylation sites (tertiary alicyclic amines) is 1. The molecule has 4 heteroatoms. The summed E-state index contributed by atoms with van der Waals surface area (Å²) in [6.45, 7) is 5.20. The van der Waals surface area contributed by atoms with E-state index in [1.54, 1.807) is 0 Å². The Morgan fingerprint density at radius 2 is 1.69 bits per heavy atom. The molecular weight excluding hydrogens is 324 g/mol. The molecule has 1 fully saturated rings. The lowest BCUT2D eigenvalue weighted by molar-refractivity contribution is -0.128.